The molecule has 4 N–H and O–H groups in total. The molecular weight excluding hydrogens is 224 g/mol. The van der Waals surface area contributed by atoms with Crippen LogP contribution in [-0.2, 0) is 4.79 Å². The van der Waals surface area contributed by atoms with Crippen LogP contribution in [-0.4, -0.2) is 39.9 Å². The predicted molar refractivity (Wildman–Crippen MR) is 63.8 cm³/mol. The van der Waals surface area contributed by atoms with Crippen molar-refractivity contribution in [2.75, 3.05) is 6.54 Å². The first-order valence-electron chi connectivity index (χ1n) is 5.62. The van der Waals surface area contributed by atoms with Crippen molar-refractivity contribution in [3.63, 3.8) is 0 Å². The van der Waals surface area contributed by atoms with Gasteiger partial charge in [-0.2, -0.15) is 0 Å². The highest BCUT2D eigenvalue weighted by atomic mass is 16.4. The number of carbonyl (C=O) groups is 2. The minimum Gasteiger partial charge on any atom is -0.479 e. The van der Waals surface area contributed by atoms with Crippen LogP contribution < -0.4 is 10.6 Å². The number of aliphatic carboxylic acids is 1. The summed E-state index contributed by atoms with van der Waals surface area (Å²) >= 11 is 0. The lowest BCUT2D eigenvalue weighted by molar-refractivity contribution is -0.155. The third-order valence-corrected chi connectivity index (χ3v) is 2.38. The summed E-state index contributed by atoms with van der Waals surface area (Å²) in [6, 6.07) is -0.482. The van der Waals surface area contributed by atoms with E-state index in [2.05, 4.69) is 10.6 Å². The summed E-state index contributed by atoms with van der Waals surface area (Å²) < 4.78 is 0. The zero-order chi connectivity index (χ0) is 13.7. The first-order valence-corrected chi connectivity index (χ1v) is 5.62. The third-order valence-electron chi connectivity index (χ3n) is 2.38. The van der Waals surface area contributed by atoms with E-state index < -0.39 is 17.6 Å². The Bertz CT molecular complexity index is 287. The molecule has 0 aromatic heterocycles. The Morgan fingerprint density at radius 2 is 1.76 bits per heavy atom. The molecule has 0 aromatic carbocycles. The molecule has 0 aliphatic heterocycles. The summed E-state index contributed by atoms with van der Waals surface area (Å²) in [6.45, 7) is 6.57. The second-order valence-electron chi connectivity index (χ2n) is 5.02. The van der Waals surface area contributed by atoms with Crippen LogP contribution in [0.2, 0.25) is 0 Å². The molecule has 0 rings (SSSR count). The maximum Gasteiger partial charge on any atom is 0.337 e. The molecule has 0 aliphatic carbocycles. The normalized spacial score (nSPS) is 14.9. The van der Waals surface area contributed by atoms with E-state index >= 15 is 0 Å². The standard InChI is InChI=1S/C11H22N2O4/c1-5-6-10(2,3)13-9(16)12-7-11(4,17)8(14)15/h17H,5-7H2,1-4H3,(H,14,15)(H2,12,13,16). The molecule has 1 unspecified atom stereocenters. The van der Waals surface area contributed by atoms with E-state index in [1.807, 2.05) is 20.8 Å². The molecule has 6 nitrogen and oxygen atoms in total. The topological polar surface area (TPSA) is 98.7 Å². The number of nitrogens with one attached hydrogen (secondary N) is 2. The second-order valence-corrected chi connectivity index (χ2v) is 5.02. The average molecular weight is 246 g/mol. The first kappa shape index (κ1) is 15.7. The van der Waals surface area contributed by atoms with Crippen LogP contribution >= 0.6 is 0 Å². The summed E-state index contributed by atoms with van der Waals surface area (Å²) in [6.07, 6.45) is 1.75. The summed E-state index contributed by atoms with van der Waals surface area (Å²) in [5, 5.41) is 23.1. The molecule has 0 bridgehead atoms. The van der Waals surface area contributed by atoms with Gasteiger partial charge in [-0.25, -0.2) is 9.59 Å². The second kappa shape index (κ2) is 5.86. The van der Waals surface area contributed by atoms with Gasteiger partial charge in [-0.15, -0.1) is 0 Å². The van der Waals surface area contributed by atoms with Gasteiger partial charge in [0.25, 0.3) is 0 Å². The molecule has 0 heterocycles. The summed E-state index contributed by atoms with van der Waals surface area (Å²) in [4.78, 5) is 22.1. The van der Waals surface area contributed by atoms with Crippen molar-refractivity contribution in [1.82, 2.24) is 10.6 Å². The van der Waals surface area contributed by atoms with Crippen molar-refractivity contribution in [1.29, 1.82) is 0 Å². The Hall–Kier alpha value is -1.30. The molecular formula is C11H22N2O4. The number of amides is 2. The Morgan fingerprint density at radius 3 is 2.18 bits per heavy atom. The van der Waals surface area contributed by atoms with Gasteiger partial charge >= 0.3 is 12.0 Å². The number of hydrogen-bond acceptors (Lipinski definition) is 3. The highest BCUT2D eigenvalue weighted by molar-refractivity contribution is 5.79. The van der Waals surface area contributed by atoms with Gasteiger partial charge in [-0.1, -0.05) is 13.3 Å². The van der Waals surface area contributed by atoms with E-state index in [1.165, 1.54) is 0 Å². The summed E-state index contributed by atoms with van der Waals surface area (Å²) in [7, 11) is 0. The fourth-order valence-corrected chi connectivity index (χ4v) is 1.37. The molecule has 0 aliphatic rings. The molecule has 1 atom stereocenters. The van der Waals surface area contributed by atoms with Crippen LogP contribution in [0.5, 0.6) is 0 Å². The number of rotatable bonds is 6. The van der Waals surface area contributed by atoms with E-state index in [0.29, 0.717) is 0 Å². The van der Waals surface area contributed by atoms with Crippen LogP contribution in [0.1, 0.15) is 40.5 Å². The highest BCUT2D eigenvalue weighted by Crippen LogP contribution is 2.10. The largest absolute Gasteiger partial charge is 0.479 e. The van der Waals surface area contributed by atoms with Crippen molar-refractivity contribution in [3.8, 4) is 0 Å². The maximum absolute atomic E-state index is 11.5. The lowest BCUT2D eigenvalue weighted by atomic mass is 9.99. The van der Waals surface area contributed by atoms with Gasteiger partial charge in [0.1, 0.15) is 0 Å². The van der Waals surface area contributed by atoms with Gasteiger partial charge in [0.15, 0.2) is 5.60 Å². The van der Waals surface area contributed by atoms with Gasteiger partial charge in [0.2, 0.25) is 0 Å². The van der Waals surface area contributed by atoms with Gasteiger partial charge in [-0.3, -0.25) is 0 Å². The Balaban J connectivity index is 4.17. The maximum atomic E-state index is 11.5. The molecule has 0 radical (unpaired) electrons. The van der Waals surface area contributed by atoms with E-state index in [9.17, 15) is 14.7 Å². The number of carboxylic acid groups (broad SMARTS) is 1. The van der Waals surface area contributed by atoms with Crippen LogP contribution in [0.3, 0.4) is 0 Å². The smallest absolute Gasteiger partial charge is 0.337 e. The molecule has 100 valence electrons. The fourth-order valence-electron chi connectivity index (χ4n) is 1.37. The molecule has 6 heteroatoms. The van der Waals surface area contributed by atoms with E-state index in [1.54, 1.807) is 0 Å². The number of urea groups is 1. The molecule has 2 amide bonds. The van der Waals surface area contributed by atoms with Gasteiger partial charge < -0.3 is 20.8 Å². The van der Waals surface area contributed by atoms with E-state index in [0.717, 1.165) is 19.8 Å². The number of carbonyl (C=O) groups excluding carboxylic acids is 1. The summed E-state index contributed by atoms with van der Waals surface area (Å²) in [5.41, 5.74) is -2.31. The van der Waals surface area contributed by atoms with Crippen molar-refractivity contribution in [2.45, 2.75) is 51.7 Å². The van der Waals surface area contributed by atoms with Crippen molar-refractivity contribution in [3.05, 3.63) is 0 Å². The lowest BCUT2D eigenvalue weighted by Gasteiger charge is -2.27. The lowest BCUT2D eigenvalue weighted by Crippen LogP contribution is -2.53. The van der Waals surface area contributed by atoms with Crippen LogP contribution in [0.4, 0.5) is 4.79 Å². The zero-order valence-electron chi connectivity index (χ0n) is 10.8. The fraction of sp³-hybridized carbons (Fsp3) is 0.818. The first-order chi connectivity index (χ1) is 7.60. The van der Waals surface area contributed by atoms with E-state index in [4.69, 9.17) is 5.11 Å². The van der Waals surface area contributed by atoms with Crippen molar-refractivity contribution >= 4 is 12.0 Å². The molecule has 0 fully saturated rings. The minimum atomic E-state index is -1.95. The SMILES string of the molecule is CCCC(C)(C)NC(=O)NCC(C)(O)C(=O)O. The van der Waals surface area contributed by atoms with Gasteiger partial charge in [-0.05, 0) is 27.2 Å². The van der Waals surface area contributed by atoms with Gasteiger partial charge in [0, 0.05) is 5.54 Å². The van der Waals surface area contributed by atoms with Crippen molar-refractivity contribution < 1.29 is 19.8 Å². The van der Waals surface area contributed by atoms with E-state index in [-0.39, 0.29) is 12.1 Å². The Labute approximate surface area is 101 Å². The molecule has 0 spiro atoms. The summed E-state index contributed by atoms with van der Waals surface area (Å²) in [5.74, 6) is -1.37. The predicted octanol–water partition coefficient (Wildman–Crippen LogP) is 0.700. The Kier molecular flexibility index (Phi) is 5.41. The van der Waals surface area contributed by atoms with Crippen LogP contribution in [0.15, 0.2) is 0 Å². The molecule has 0 aromatic rings. The number of aliphatic hydroxyl groups is 1. The number of carboxylic acids is 1. The van der Waals surface area contributed by atoms with Crippen LogP contribution in [0, 0.1) is 0 Å². The quantitative estimate of drug-likeness (QED) is 0.554. The number of hydrogen-bond donors (Lipinski definition) is 4. The van der Waals surface area contributed by atoms with Gasteiger partial charge in [0.05, 0.1) is 6.54 Å². The third kappa shape index (κ3) is 6.11. The monoisotopic (exact) mass is 246 g/mol. The van der Waals surface area contributed by atoms with Crippen LogP contribution in [0.25, 0.3) is 0 Å². The molecule has 0 saturated carbocycles. The highest BCUT2D eigenvalue weighted by Gasteiger charge is 2.30. The minimum absolute atomic E-state index is 0.337. The molecule has 0 saturated heterocycles. The zero-order valence-corrected chi connectivity index (χ0v) is 10.8. The van der Waals surface area contributed by atoms with Crippen molar-refractivity contribution in [2.24, 2.45) is 0 Å². The molecule has 17 heavy (non-hydrogen) atoms. The average Bonchev–Trinajstić information content (AvgIpc) is 2.13. The Morgan fingerprint density at radius 1 is 1.24 bits per heavy atom.